The second-order valence-electron chi connectivity index (χ2n) is 5.01. The van der Waals surface area contributed by atoms with Gasteiger partial charge in [-0.2, -0.15) is 0 Å². The molecule has 0 fully saturated rings. The van der Waals surface area contributed by atoms with Crippen molar-refractivity contribution in [1.82, 2.24) is 0 Å². The first-order chi connectivity index (χ1) is 10.0. The first-order valence-electron chi connectivity index (χ1n) is 6.59. The zero-order chi connectivity index (χ0) is 15.0. The van der Waals surface area contributed by atoms with Crippen molar-refractivity contribution in [3.05, 3.63) is 57.6 Å². The lowest BCUT2D eigenvalue weighted by Crippen LogP contribution is -2.15. The highest BCUT2D eigenvalue weighted by molar-refractivity contribution is 6.42. The van der Waals surface area contributed by atoms with E-state index in [1.54, 1.807) is 6.07 Å². The van der Waals surface area contributed by atoms with Crippen molar-refractivity contribution in [3.8, 4) is 11.1 Å². The third kappa shape index (κ3) is 2.85. The number of halogens is 2. The summed E-state index contributed by atoms with van der Waals surface area (Å²) in [6, 6.07) is 11.6. The number of primary amides is 1. The molecule has 1 aliphatic rings. The van der Waals surface area contributed by atoms with Crippen LogP contribution in [-0.2, 0) is 11.2 Å². The molecule has 3 rings (SSSR count). The lowest BCUT2D eigenvalue weighted by atomic mass is 10.00. The Morgan fingerprint density at radius 3 is 2.52 bits per heavy atom. The molecule has 3 nitrogen and oxygen atoms in total. The Morgan fingerprint density at radius 1 is 1.10 bits per heavy atom. The van der Waals surface area contributed by atoms with Crippen LogP contribution in [0.2, 0.25) is 10.0 Å². The summed E-state index contributed by atoms with van der Waals surface area (Å²) < 4.78 is 5.16. The summed E-state index contributed by atoms with van der Waals surface area (Å²) in [5, 5.41) is 1.04. The molecule has 108 valence electrons. The second kappa shape index (κ2) is 5.58. The maximum Gasteiger partial charge on any atom is 0.405 e. The van der Waals surface area contributed by atoms with Gasteiger partial charge >= 0.3 is 6.09 Å². The standard InChI is InChI=1S/C16H13Cl2NO2/c17-13-5-3-11(8-14(13)18)10-2-1-9-4-6-15(12(9)7-10)21-16(19)20/h1-3,5,7-8,15H,4,6H2,(H2,19,20). The molecule has 2 N–H and O–H groups in total. The first-order valence-corrected chi connectivity index (χ1v) is 7.34. The summed E-state index contributed by atoms with van der Waals surface area (Å²) in [7, 11) is 0. The van der Waals surface area contributed by atoms with Gasteiger partial charge in [0.05, 0.1) is 10.0 Å². The molecule has 0 aliphatic heterocycles. The minimum absolute atomic E-state index is 0.264. The van der Waals surface area contributed by atoms with E-state index in [2.05, 4.69) is 6.07 Å². The number of nitrogens with two attached hydrogens (primary N) is 1. The Kier molecular flexibility index (Phi) is 3.79. The molecule has 1 aliphatic carbocycles. The van der Waals surface area contributed by atoms with Crippen molar-refractivity contribution in [1.29, 1.82) is 0 Å². The highest BCUT2D eigenvalue weighted by atomic mass is 35.5. The van der Waals surface area contributed by atoms with Gasteiger partial charge in [0, 0.05) is 0 Å². The molecule has 1 amide bonds. The SMILES string of the molecule is NC(=O)OC1CCc2ccc(-c3ccc(Cl)c(Cl)c3)cc21. The number of benzene rings is 2. The Morgan fingerprint density at radius 2 is 1.81 bits per heavy atom. The minimum atomic E-state index is -0.743. The van der Waals surface area contributed by atoms with Gasteiger partial charge in [-0.3, -0.25) is 0 Å². The molecule has 2 aromatic rings. The monoisotopic (exact) mass is 321 g/mol. The highest BCUT2D eigenvalue weighted by Gasteiger charge is 2.25. The van der Waals surface area contributed by atoms with Gasteiger partial charge in [-0.25, -0.2) is 4.79 Å². The maximum atomic E-state index is 11.0. The molecule has 0 spiro atoms. The van der Waals surface area contributed by atoms with E-state index >= 15 is 0 Å². The number of hydrogen-bond donors (Lipinski definition) is 1. The molecule has 0 saturated heterocycles. The van der Waals surface area contributed by atoms with E-state index < -0.39 is 6.09 Å². The quantitative estimate of drug-likeness (QED) is 0.868. The predicted molar refractivity (Wildman–Crippen MR) is 83.6 cm³/mol. The topological polar surface area (TPSA) is 52.3 Å². The van der Waals surface area contributed by atoms with E-state index in [1.165, 1.54) is 5.56 Å². The Bertz CT molecular complexity index is 715. The molecule has 1 unspecified atom stereocenters. The number of ether oxygens (including phenoxy) is 1. The van der Waals surface area contributed by atoms with Crippen molar-refractivity contribution in [2.75, 3.05) is 0 Å². The van der Waals surface area contributed by atoms with Crippen molar-refractivity contribution >= 4 is 29.3 Å². The van der Waals surface area contributed by atoms with Crippen molar-refractivity contribution < 1.29 is 9.53 Å². The molecule has 0 heterocycles. The molecule has 0 radical (unpaired) electrons. The van der Waals surface area contributed by atoms with Crippen LogP contribution in [0.4, 0.5) is 4.79 Å². The van der Waals surface area contributed by atoms with E-state index in [0.717, 1.165) is 29.5 Å². The lowest BCUT2D eigenvalue weighted by molar-refractivity contribution is 0.107. The van der Waals surface area contributed by atoms with Crippen LogP contribution in [0.3, 0.4) is 0 Å². The normalized spacial score (nSPS) is 16.6. The van der Waals surface area contributed by atoms with E-state index in [9.17, 15) is 4.79 Å². The molecule has 2 aromatic carbocycles. The largest absolute Gasteiger partial charge is 0.441 e. The van der Waals surface area contributed by atoms with E-state index in [0.29, 0.717) is 10.0 Å². The zero-order valence-corrected chi connectivity index (χ0v) is 12.6. The summed E-state index contributed by atoms with van der Waals surface area (Å²) in [6.07, 6.45) is 0.644. The Labute approximate surface area is 132 Å². The van der Waals surface area contributed by atoms with Crippen molar-refractivity contribution in [2.24, 2.45) is 5.73 Å². The number of hydrogen-bond acceptors (Lipinski definition) is 2. The van der Waals surface area contributed by atoms with E-state index in [-0.39, 0.29) is 6.10 Å². The van der Waals surface area contributed by atoms with Gasteiger partial charge in [0.1, 0.15) is 6.10 Å². The van der Waals surface area contributed by atoms with Gasteiger partial charge in [0.25, 0.3) is 0 Å². The van der Waals surface area contributed by atoms with Crippen molar-refractivity contribution in [2.45, 2.75) is 18.9 Å². The third-order valence-corrected chi connectivity index (χ3v) is 4.42. The van der Waals surface area contributed by atoms with Gasteiger partial charge in [-0.1, -0.05) is 41.4 Å². The van der Waals surface area contributed by atoms with Crippen LogP contribution in [0.15, 0.2) is 36.4 Å². The smallest absolute Gasteiger partial charge is 0.405 e. The lowest BCUT2D eigenvalue weighted by Gasteiger charge is -2.13. The fourth-order valence-corrected chi connectivity index (χ4v) is 2.98. The summed E-state index contributed by atoms with van der Waals surface area (Å²) in [4.78, 5) is 11.0. The van der Waals surface area contributed by atoms with Gasteiger partial charge in [0.2, 0.25) is 0 Å². The van der Waals surface area contributed by atoms with Crippen LogP contribution < -0.4 is 5.73 Å². The van der Waals surface area contributed by atoms with E-state index in [4.69, 9.17) is 33.7 Å². The van der Waals surface area contributed by atoms with Gasteiger partial charge in [-0.05, 0) is 53.3 Å². The van der Waals surface area contributed by atoms with Crippen LogP contribution in [0, 0.1) is 0 Å². The fraction of sp³-hybridized carbons (Fsp3) is 0.188. The molecule has 21 heavy (non-hydrogen) atoms. The summed E-state index contributed by atoms with van der Waals surface area (Å²) >= 11 is 12.0. The summed E-state index contributed by atoms with van der Waals surface area (Å²) in [6.45, 7) is 0. The third-order valence-electron chi connectivity index (χ3n) is 3.68. The molecule has 0 aromatic heterocycles. The molecule has 1 atom stereocenters. The molecular weight excluding hydrogens is 309 g/mol. The van der Waals surface area contributed by atoms with Gasteiger partial charge in [0.15, 0.2) is 0 Å². The van der Waals surface area contributed by atoms with Crippen LogP contribution in [0.1, 0.15) is 23.7 Å². The Balaban J connectivity index is 1.98. The van der Waals surface area contributed by atoms with E-state index in [1.807, 2.05) is 24.3 Å². The number of rotatable bonds is 2. The van der Waals surface area contributed by atoms with Gasteiger partial charge < -0.3 is 10.5 Å². The fourth-order valence-electron chi connectivity index (χ4n) is 2.68. The van der Waals surface area contributed by atoms with Gasteiger partial charge in [-0.15, -0.1) is 0 Å². The predicted octanol–water partition coefficient (Wildman–Crippen LogP) is 4.74. The van der Waals surface area contributed by atoms with Crippen LogP contribution in [0.5, 0.6) is 0 Å². The summed E-state index contributed by atoms with van der Waals surface area (Å²) in [5.41, 5.74) is 9.29. The molecular formula is C16H13Cl2NO2. The number of aryl methyl sites for hydroxylation is 1. The van der Waals surface area contributed by atoms with Crippen LogP contribution in [0.25, 0.3) is 11.1 Å². The molecule has 0 bridgehead atoms. The second-order valence-corrected chi connectivity index (χ2v) is 5.82. The first kappa shape index (κ1) is 14.2. The number of carbonyl (C=O) groups excluding carboxylic acids is 1. The Hall–Kier alpha value is -1.71. The highest BCUT2D eigenvalue weighted by Crippen LogP contribution is 2.37. The number of amides is 1. The number of fused-ring (bicyclic) bond motifs is 1. The molecule has 5 heteroatoms. The zero-order valence-electron chi connectivity index (χ0n) is 11.1. The van der Waals surface area contributed by atoms with Crippen LogP contribution in [-0.4, -0.2) is 6.09 Å². The summed E-state index contributed by atoms with van der Waals surface area (Å²) in [5.74, 6) is 0. The average Bonchev–Trinajstić information content (AvgIpc) is 2.84. The number of carbonyl (C=O) groups is 1. The van der Waals surface area contributed by atoms with Crippen LogP contribution >= 0.6 is 23.2 Å². The average molecular weight is 322 g/mol. The van der Waals surface area contributed by atoms with Crippen molar-refractivity contribution in [3.63, 3.8) is 0 Å². The minimum Gasteiger partial charge on any atom is -0.441 e. The maximum absolute atomic E-state index is 11.0. The molecule has 0 saturated carbocycles.